The third kappa shape index (κ3) is 57.0. The zero-order valence-electron chi connectivity index (χ0n) is 47.5. The lowest BCUT2D eigenvalue weighted by Crippen LogP contribution is -2.45. The maximum Gasteiger partial charge on any atom is 0.305 e. The minimum atomic E-state index is -0.666. The molecule has 0 aliphatic carbocycles. The zero-order valence-corrected chi connectivity index (χ0v) is 47.5. The fraction of sp³-hybridized carbons (Fsp3) is 0.846. The predicted molar refractivity (Wildman–Crippen MR) is 310 cm³/mol. The fourth-order valence-corrected chi connectivity index (χ4v) is 9.52. The highest BCUT2D eigenvalue weighted by Crippen LogP contribution is 2.17. The van der Waals surface area contributed by atoms with Gasteiger partial charge in [0.1, 0.15) is 0 Å². The second kappa shape index (κ2) is 60.4. The molecular formula is C65H121NO5. The number of ether oxygens (including phenoxy) is 1. The fourth-order valence-electron chi connectivity index (χ4n) is 9.52. The van der Waals surface area contributed by atoms with Gasteiger partial charge in [-0.15, -0.1) is 0 Å². The zero-order chi connectivity index (χ0) is 51.4. The summed E-state index contributed by atoms with van der Waals surface area (Å²) >= 11 is 0. The monoisotopic (exact) mass is 996 g/mol. The number of esters is 1. The molecule has 0 saturated carbocycles. The Kier molecular flexibility index (Phi) is 58.5. The molecule has 416 valence electrons. The number of carbonyl (C=O) groups is 2. The number of aliphatic hydroxyl groups excluding tert-OH is 2. The highest BCUT2D eigenvalue weighted by Gasteiger charge is 2.20. The van der Waals surface area contributed by atoms with Crippen LogP contribution >= 0.6 is 0 Å². The molecule has 0 aromatic heterocycles. The molecule has 2 atom stereocenters. The first kappa shape index (κ1) is 68.8. The van der Waals surface area contributed by atoms with Gasteiger partial charge in [0.25, 0.3) is 0 Å². The standard InChI is InChI=1S/C65H121NO5/c1-3-5-7-9-11-13-15-17-31-35-39-43-47-51-55-59-65(70)71-60-56-52-48-44-40-36-33-30-28-26-24-22-20-18-19-21-23-25-27-29-32-34-38-42-46-50-54-58-64(69)66-62(61-67)63(68)57-53-49-45-41-37-16-14-12-10-8-6-4-2/h11,13,17-19,22,24,31,62-63,67-68H,3-10,12,14-16,20-21,23,25-30,32-61H2,1-2H3,(H,66,69)/b13-11-,19-18-,24-22-,31-17-. The van der Waals surface area contributed by atoms with Gasteiger partial charge in [-0.05, 0) is 89.9 Å². The molecule has 0 rings (SSSR count). The maximum atomic E-state index is 12.5. The summed E-state index contributed by atoms with van der Waals surface area (Å²) in [6, 6.07) is -0.543. The lowest BCUT2D eigenvalue weighted by molar-refractivity contribution is -0.143. The van der Waals surface area contributed by atoms with Crippen LogP contribution < -0.4 is 5.32 Å². The summed E-state index contributed by atoms with van der Waals surface area (Å²) in [6.07, 6.45) is 77.0. The van der Waals surface area contributed by atoms with Gasteiger partial charge < -0.3 is 20.3 Å². The van der Waals surface area contributed by atoms with Crippen molar-refractivity contribution in [3.63, 3.8) is 0 Å². The van der Waals surface area contributed by atoms with Gasteiger partial charge in [0.15, 0.2) is 0 Å². The van der Waals surface area contributed by atoms with E-state index in [1.165, 1.54) is 238 Å². The van der Waals surface area contributed by atoms with Crippen LogP contribution in [0.2, 0.25) is 0 Å². The van der Waals surface area contributed by atoms with Crippen molar-refractivity contribution < 1.29 is 24.5 Å². The van der Waals surface area contributed by atoms with Crippen molar-refractivity contribution in [2.75, 3.05) is 13.2 Å². The van der Waals surface area contributed by atoms with Gasteiger partial charge >= 0.3 is 5.97 Å². The number of amides is 1. The van der Waals surface area contributed by atoms with Crippen LogP contribution in [0.3, 0.4) is 0 Å². The van der Waals surface area contributed by atoms with E-state index in [4.69, 9.17) is 4.74 Å². The highest BCUT2D eigenvalue weighted by atomic mass is 16.5. The SMILES string of the molecule is CCCCC/C=C\C/C=C\CCCCCCCC(=O)OCCCCCCCCCCC/C=C\C/C=C\CCCCCCCCCCCCCC(=O)NC(CO)C(O)CCCCCCCCCCCCCC. The minimum absolute atomic E-state index is 0.00371. The van der Waals surface area contributed by atoms with Crippen LogP contribution in [-0.4, -0.2) is 47.4 Å². The van der Waals surface area contributed by atoms with Gasteiger partial charge in [0, 0.05) is 12.8 Å². The summed E-state index contributed by atoms with van der Waals surface area (Å²) in [6.45, 7) is 4.92. The molecule has 0 aliphatic heterocycles. The Labute approximate surface area is 442 Å². The van der Waals surface area contributed by atoms with Gasteiger partial charge in [0.05, 0.1) is 25.4 Å². The average Bonchev–Trinajstić information content (AvgIpc) is 3.37. The Hall–Kier alpha value is -2.18. The van der Waals surface area contributed by atoms with Crippen LogP contribution in [0.5, 0.6) is 0 Å². The second-order valence-electron chi connectivity index (χ2n) is 21.4. The Balaban J connectivity index is 3.42. The van der Waals surface area contributed by atoms with Crippen molar-refractivity contribution in [2.45, 2.75) is 341 Å². The van der Waals surface area contributed by atoms with Gasteiger partial charge in [-0.3, -0.25) is 9.59 Å². The Morgan fingerprint density at radius 3 is 1.10 bits per heavy atom. The van der Waals surface area contributed by atoms with E-state index in [1.54, 1.807) is 0 Å². The molecule has 3 N–H and O–H groups in total. The van der Waals surface area contributed by atoms with Crippen LogP contribution in [0.1, 0.15) is 328 Å². The third-order valence-electron chi connectivity index (χ3n) is 14.4. The van der Waals surface area contributed by atoms with E-state index in [0.29, 0.717) is 25.9 Å². The quantitative estimate of drug-likeness (QED) is 0.0321. The summed E-state index contributed by atoms with van der Waals surface area (Å²) in [5.74, 6) is -0.0422. The highest BCUT2D eigenvalue weighted by molar-refractivity contribution is 5.76. The molecule has 2 unspecified atom stereocenters. The molecule has 6 heteroatoms. The molecule has 6 nitrogen and oxygen atoms in total. The summed E-state index contributed by atoms with van der Waals surface area (Å²) in [4.78, 5) is 24.5. The number of unbranched alkanes of at least 4 members (excludes halogenated alkanes) is 39. The van der Waals surface area contributed by atoms with Crippen molar-refractivity contribution in [3.05, 3.63) is 48.6 Å². The number of nitrogens with one attached hydrogen (secondary N) is 1. The molecule has 0 radical (unpaired) electrons. The van der Waals surface area contributed by atoms with Gasteiger partial charge in [0.2, 0.25) is 5.91 Å². The van der Waals surface area contributed by atoms with Crippen LogP contribution in [0.25, 0.3) is 0 Å². The van der Waals surface area contributed by atoms with Crippen molar-refractivity contribution in [2.24, 2.45) is 0 Å². The van der Waals surface area contributed by atoms with E-state index < -0.39 is 12.1 Å². The lowest BCUT2D eigenvalue weighted by Gasteiger charge is -2.22. The van der Waals surface area contributed by atoms with Crippen molar-refractivity contribution >= 4 is 11.9 Å². The molecule has 0 saturated heterocycles. The number of carbonyl (C=O) groups excluding carboxylic acids is 2. The molecule has 0 heterocycles. The Morgan fingerprint density at radius 1 is 0.394 bits per heavy atom. The molecule has 1 amide bonds. The van der Waals surface area contributed by atoms with E-state index in [9.17, 15) is 19.8 Å². The van der Waals surface area contributed by atoms with E-state index in [1.807, 2.05) is 0 Å². The van der Waals surface area contributed by atoms with Gasteiger partial charge in [-0.25, -0.2) is 0 Å². The number of hydrogen-bond donors (Lipinski definition) is 3. The number of aliphatic hydroxyl groups is 2. The molecular weight excluding hydrogens is 875 g/mol. The lowest BCUT2D eigenvalue weighted by atomic mass is 10.0. The first-order valence-corrected chi connectivity index (χ1v) is 31.4. The van der Waals surface area contributed by atoms with Gasteiger partial charge in [-0.2, -0.15) is 0 Å². The first-order chi connectivity index (χ1) is 35.0. The van der Waals surface area contributed by atoms with Crippen molar-refractivity contribution in [1.82, 2.24) is 5.32 Å². The Bertz CT molecular complexity index is 1190. The number of rotatable bonds is 58. The van der Waals surface area contributed by atoms with Crippen LogP contribution in [0, 0.1) is 0 Å². The average molecular weight is 997 g/mol. The van der Waals surface area contributed by atoms with Gasteiger partial charge in [-0.1, -0.05) is 274 Å². The van der Waals surface area contributed by atoms with Crippen LogP contribution in [0.15, 0.2) is 48.6 Å². The summed E-state index contributed by atoms with van der Waals surface area (Å²) in [5, 5.41) is 23.2. The molecule has 0 aromatic rings. The number of hydrogen-bond acceptors (Lipinski definition) is 5. The number of allylic oxidation sites excluding steroid dienone is 8. The summed E-state index contributed by atoms with van der Waals surface area (Å²) < 4.78 is 5.47. The normalized spacial score (nSPS) is 12.9. The second-order valence-corrected chi connectivity index (χ2v) is 21.4. The smallest absolute Gasteiger partial charge is 0.305 e. The van der Waals surface area contributed by atoms with E-state index in [-0.39, 0.29) is 18.5 Å². The van der Waals surface area contributed by atoms with Crippen molar-refractivity contribution in [3.8, 4) is 0 Å². The van der Waals surface area contributed by atoms with Crippen LogP contribution in [0.4, 0.5) is 0 Å². The molecule has 0 aromatic carbocycles. The molecule has 0 bridgehead atoms. The van der Waals surface area contributed by atoms with Crippen molar-refractivity contribution in [1.29, 1.82) is 0 Å². The minimum Gasteiger partial charge on any atom is -0.466 e. The van der Waals surface area contributed by atoms with E-state index in [2.05, 4.69) is 67.8 Å². The summed E-state index contributed by atoms with van der Waals surface area (Å²) in [7, 11) is 0. The molecule has 71 heavy (non-hydrogen) atoms. The van der Waals surface area contributed by atoms with E-state index >= 15 is 0 Å². The molecule has 0 fully saturated rings. The third-order valence-corrected chi connectivity index (χ3v) is 14.4. The topological polar surface area (TPSA) is 95.9 Å². The first-order valence-electron chi connectivity index (χ1n) is 31.4. The van der Waals surface area contributed by atoms with E-state index in [0.717, 1.165) is 57.8 Å². The maximum absolute atomic E-state index is 12.5. The molecule has 0 aliphatic rings. The largest absolute Gasteiger partial charge is 0.466 e. The Morgan fingerprint density at radius 2 is 0.704 bits per heavy atom. The predicted octanol–water partition coefficient (Wildman–Crippen LogP) is 19.7. The summed E-state index contributed by atoms with van der Waals surface area (Å²) in [5.41, 5.74) is 0. The molecule has 0 spiro atoms. The van der Waals surface area contributed by atoms with Crippen LogP contribution in [-0.2, 0) is 14.3 Å².